The number of amides is 1. The van der Waals surface area contributed by atoms with Crippen molar-refractivity contribution in [3.8, 4) is 0 Å². The van der Waals surface area contributed by atoms with Crippen molar-refractivity contribution in [1.82, 2.24) is 9.78 Å². The number of hydrogen-bond donors (Lipinski definition) is 1. The van der Waals surface area contributed by atoms with Crippen molar-refractivity contribution < 1.29 is 18.0 Å². The Labute approximate surface area is 136 Å². The maximum Gasteiger partial charge on any atom is 0.247 e. The molecule has 2 rings (SSSR count). The van der Waals surface area contributed by atoms with Gasteiger partial charge in [-0.2, -0.15) is 5.10 Å². The third-order valence-electron chi connectivity index (χ3n) is 2.98. The number of nitrogens with one attached hydrogen (secondary N) is 1. The van der Waals surface area contributed by atoms with E-state index in [1.807, 2.05) is 0 Å². The van der Waals surface area contributed by atoms with Gasteiger partial charge in [0, 0.05) is 24.6 Å². The molecule has 0 aliphatic rings. The van der Waals surface area contributed by atoms with E-state index in [4.69, 9.17) is 0 Å². The second-order valence-electron chi connectivity index (χ2n) is 4.91. The molecule has 4 nitrogen and oxygen atoms in total. The van der Waals surface area contributed by atoms with Crippen LogP contribution in [0.15, 0.2) is 35.5 Å². The van der Waals surface area contributed by atoms with E-state index in [1.165, 1.54) is 12.1 Å². The van der Waals surface area contributed by atoms with Gasteiger partial charge in [-0.05, 0) is 30.2 Å². The zero-order valence-electron chi connectivity index (χ0n) is 12.4. The van der Waals surface area contributed by atoms with Crippen LogP contribution < -0.4 is 5.32 Å². The normalized spacial score (nSPS) is 11.0. The lowest BCUT2D eigenvalue weighted by Gasteiger charge is -2.11. The zero-order valence-corrected chi connectivity index (χ0v) is 13.2. The summed E-state index contributed by atoms with van der Waals surface area (Å²) >= 11 is 0.879. The van der Waals surface area contributed by atoms with E-state index in [2.05, 4.69) is 10.4 Å². The molecule has 1 amide bonds. The van der Waals surface area contributed by atoms with Gasteiger partial charge < -0.3 is 5.32 Å². The molecule has 0 saturated heterocycles. The number of aromatic nitrogens is 2. The number of carbonyl (C=O) groups is 1. The highest BCUT2D eigenvalue weighted by atomic mass is 32.2. The predicted molar refractivity (Wildman–Crippen MR) is 83.3 cm³/mol. The van der Waals surface area contributed by atoms with Gasteiger partial charge in [-0.1, -0.05) is 0 Å². The quantitative estimate of drug-likeness (QED) is 0.783. The van der Waals surface area contributed by atoms with Crippen molar-refractivity contribution in [1.29, 1.82) is 0 Å². The Hall–Kier alpha value is -1.96. The first-order valence-corrected chi connectivity index (χ1v) is 7.90. The van der Waals surface area contributed by atoms with Crippen LogP contribution in [0.2, 0.25) is 0 Å². The standard InChI is InChI=1S/C15H16F3N3OS/c1-21-8-10(7-19-21)2-5-15(22)20-12-6-11(16)3-4-13(12)23-9-14(17)18/h3-4,6-8,14H,2,5,9H2,1H3,(H,20,22). The number of aryl methyl sites for hydroxylation is 2. The second kappa shape index (κ2) is 8.05. The van der Waals surface area contributed by atoms with Crippen LogP contribution in [0.1, 0.15) is 12.0 Å². The van der Waals surface area contributed by atoms with Gasteiger partial charge in [0.2, 0.25) is 12.3 Å². The topological polar surface area (TPSA) is 46.9 Å². The third-order valence-corrected chi connectivity index (χ3v) is 4.07. The molecular weight excluding hydrogens is 327 g/mol. The zero-order chi connectivity index (χ0) is 16.8. The first-order valence-electron chi connectivity index (χ1n) is 6.92. The fourth-order valence-electron chi connectivity index (χ4n) is 1.95. The van der Waals surface area contributed by atoms with Gasteiger partial charge in [0.1, 0.15) is 5.82 Å². The van der Waals surface area contributed by atoms with Crippen molar-refractivity contribution >= 4 is 23.4 Å². The maximum absolute atomic E-state index is 13.3. The largest absolute Gasteiger partial charge is 0.325 e. The number of carbonyl (C=O) groups excluding carboxylic acids is 1. The number of halogens is 3. The summed E-state index contributed by atoms with van der Waals surface area (Å²) in [6.45, 7) is 0. The smallest absolute Gasteiger partial charge is 0.247 e. The summed E-state index contributed by atoms with van der Waals surface area (Å²) in [5.41, 5.74) is 1.13. The molecule has 0 atom stereocenters. The number of hydrogen-bond acceptors (Lipinski definition) is 3. The summed E-state index contributed by atoms with van der Waals surface area (Å²) in [6.07, 6.45) is 1.69. The van der Waals surface area contributed by atoms with Crippen molar-refractivity contribution in [3.05, 3.63) is 42.0 Å². The van der Waals surface area contributed by atoms with Crippen LogP contribution in [0.25, 0.3) is 0 Å². The summed E-state index contributed by atoms with van der Waals surface area (Å²) < 4.78 is 39.6. The fourth-order valence-corrected chi connectivity index (χ4v) is 2.69. The average Bonchev–Trinajstić information content (AvgIpc) is 2.90. The molecule has 8 heteroatoms. The molecule has 0 unspecified atom stereocenters. The number of nitrogens with zero attached hydrogens (tertiary/aromatic N) is 2. The molecule has 1 aromatic carbocycles. The first-order chi connectivity index (χ1) is 10.9. The number of rotatable bonds is 7. The minimum absolute atomic E-state index is 0.196. The van der Waals surface area contributed by atoms with Crippen LogP contribution in [0, 0.1) is 5.82 Å². The van der Waals surface area contributed by atoms with Crippen LogP contribution in [-0.4, -0.2) is 27.9 Å². The van der Waals surface area contributed by atoms with Gasteiger partial charge in [0.05, 0.1) is 17.6 Å². The minimum Gasteiger partial charge on any atom is -0.325 e. The highest BCUT2D eigenvalue weighted by Gasteiger charge is 2.12. The number of benzene rings is 1. The lowest BCUT2D eigenvalue weighted by molar-refractivity contribution is -0.116. The summed E-state index contributed by atoms with van der Waals surface area (Å²) in [5, 5.41) is 6.59. The SMILES string of the molecule is Cn1cc(CCC(=O)Nc2cc(F)ccc2SCC(F)F)cn1. The summed E-state index contributed by atoms with van der Waals surface area (Å²) in [4.78, 5) is 12.4. The van der Waals surface area contributed by atoms with E-state index < -0.39 is 18.0 Å². The number of thioether (sulfide) groups is 1. The van der Waals surface area contributed by atoms with Crippen molar-refractivity contribution in [2.24, 2.45) is 7.05 Å². The monoisotopic (exact) mass is 343 g/mol. The molecule has 0 bridgehead atoms. The Bertz CT molecular complexity index is 676. The Kier molecular flexibility index (Phi) is 6.09. The van der Waals surface area contributed by atoms with Crippen molar-refractivity contribution in [3.63, 3.8) is 0 Å². The van der Waals surface area contributed by atoms with E-state index in [-0.39, 0.29) is 18.0 Å². The maximum atomic E-state index is 13.3. The van der Waals surface area contributed by atoms with E-state index in [0.29, 0.717) is 11.3 Å². The fraction of sp³-hybridized carbons (Fsp3) is 0.333. The van der Waals surface area contributed by atoms with E-state index in [9.17, 15) is 18.0 Å². The van der Waals surface area contributed by atoms with Gasteiger partial charge in [-0.3, -0.25) is 9.48 Å². The second-order valence-corrected chi connectivity index (χ2v) is 5.97. The molecule has 1 N–H and O–H groups in total. The molecule has 1 heterocycles. The molecule has 2 aromatic rings. The highest BCUT2D eigenvalue weighted by molar-refractivity contribution is 7.99. The van der Waals surface area contributed by atoms with E-state index in [1.54, 1.807) is 24.1 Å². The van der Waals surface area contributed by atoms with E-state index >= 15 is 0 Å². The molecule has 0 aliphatic carbocycles. The molecule has 0 saturated carbocycles. The Morgan fingerprint density at radius 1 is 1.43 bits per heavy atom. The van der Waals surface area contributed by atoms with Crippen molar-refractivity contribution in [2.45, 2.75) is 24.2 Å². The van der Waals surface area contributed by atoms with Gasteiger partial charge in [0.25, 0.3) is 0 Å². The van der Waals surface area contributed by atoms with Crippen LogP contribution in [0.5, 0.6) is 0 Å². The highest BCUT2D eigenvalue weighted by Crippen LogP contribution is 2.29. The summed E-state index contributed by atoms with van der Waals surface area (Å²) in [7, 11) is 1.78. The molecule has 0 spiro atoms. The Balaban J connectivity index is 1.97. The Morgan fingerprint density at radius 2 is 2.22 bits per heavy atom. The lowest BCUT2D eigenvalue weighted by atomic mass is 10.2. The molecule has 124 valence electrons. The molecule has 0 fully saturated rings. The number of alkyl halides is 2. The van der Waals surface area contributed by atoms with Crippen LogP contribution >= 0.6 is 11.8 Å². The summed E-state index contributed by atoms with van der Waals surface area (Å²) in [6, 6.07) is 3.70. The summed E-state index contributed by atoms with van der Waals surface area (Å²) in [5.74, 6) is -1.25. The van der Waals surface area contributed by atoms with Gasteiger partial charge in [0.15, 0.2) is 0 Å². The van der Waals surface area contributed by atoms with Gasteiger partial charge >= 0.3 is 0 Å². The third kappa shape index (κ3) is 5.63. The molecular formula is C15H16F3N3OS. The molecule has 1 aromatic heterocycles. The molecule has 0 radical (unpaired) electrons. The van der Waals surface area contributed by atoms with Crippen LogP contribution in [0.4, 0.5) is 18.9 Å². The Morgan fingerprint density at radius 3 is 2.87 bits per heavy atom. The lowest BCUT2D eigenvalue weighted by Crippen LogP contribution is -2.13. The average molecular weight is 343 g/mol. The van der Waals surface area contributed by atoms with Gasteiger partial charge in [-0.25, -0.2) is 13.2 Å². The minimum atomic E-state index is -2.47. The van der Waals surface area contributed by atoms with Crippen LogP contribution in [0.3, 0.4) is 0 Å². The number of anilines is 1. The van der Waals surface area contributed by atoms with Crippen LogP contribution in [-0.2, 0) is 18.3 Å². The van der Waals surface area contributed by atoms with Crippen molar-refractivity contribution in [2.75, 3.05) is 11.1 Å². The predicted octanol–water partition coefficient (Wildman–Crippen LogP) is 3.49. The van der Waals surface area contributed by atoms with E-state index in [0.717, 1.165) is 23.4 Å². The molecule has 0 aliphatic heterocycles. The molecule has 23 heavy (non-hydrogen) atoms. The van der Waals surface area contributed by atoms with Gasteiger partial charge in [-0.15, -0.1) is 11.8 Å². The first kappa shape index (κ1) is 17.4.